The van der Waals surface area contributed by atoms with Crippen LogP contribution in [-0.2, 0) is 6.54 Å². The number of halogens is 1. The average molecular weight is 243 g/mol. The molecule has 2 aromatic rings. The van der Waals surface area contributed by atoms with Crippen LogP contribution in [0.25, 0.3) is 10.6 Å². The number of nitrogens with one attached hydrogen (secondary N) is 1. The predicted molar refractivity (Wildman–Crippen MR) is 62.2 cm³/mol. The molecule has 2 rings (SSSR count). The quantitative estimate of drug-likeness (QED) is 0.895. The van der Waals surface area contributed by atoms with Gasteiger partial charge >= 0.3 is 0 Å². The Kier molecular flexibility index (Phi) is 3.41. The minimum atomic E-state index is 0.652. The molecule has 0 atom stereocenters. The molecule has 0 aliphatic carbocycles. The van der Waals surface area contributed by atoms with E-state index < -0.39 is 0 Å². The fourth-order valence-electron chi connectivity index (χ4n) is 1.20. The van der Waals surface area contributed by atoms with E-state index in [9.17, 15) is 0 Å². The Morgan fingerprint density at radius 1 is 1.60 bits per heavy atom. The summed E-state index contributed by atoms with van der Waals surface area (Å²) in [6.07, 6.45) is 1.71. The Balaban J connectivity index is 2.17. The summed E-state index contributed by atoms with van der Waals surface area (Å²) in [5.41, 5.74) is 0. The highest BCUT2D eigenvalue weighted by Crippen LogP contribution is 2.33. The first-order valence-corrected chi connectivity index (χ1v) is 5.95. The molecule has 15 heavy (non-hydrogen) atoms. The van der Waals surface area contributed by atoms with Gasteiger partial charge in [0.05, 0.1) is 22.6 Å². The Labute approximate surface area is 97.1 Å². The number of oxazole rings is 1. The SMILES string of the molecule is CCNCc1ncc(-c2sccc2Cl)o1. The molecule has 2 heterocycles. The zero-order chi connectivity index (χ0) is 10.7. The van der Waals surface area contributed by atoms with Gasteiger partial charge in [0.2, 0.25) is 5.89 Å². The van der Waals surface area contributed by atoms with Gasteiger partial charge in [-0.1, -0.05) is 18.5 Å². The highest BCUT2D eigenvalue weighted by Gasteiger charge is 2.10. The summed E-state index contributed by atoms with van der Waals surface area (Å²) in [5, 5.41) is 5.80. The fourth-order valence-corrected chi connectivity index (χ4v) is 2.29. The van der Waals surface area contributed by atoms with Crippen molar-refractivity contribution >= 4 is 22.9 Å². The Morgan fingerprint density at radius 3 is 3.13 bits per heavy atom. The zero-order valence-corrected chi connectivity index (χ0v) is 9.86. The van der Waals surface area contributed by atoms with Crippen LogP contribution in [0.4, 0.5) is 0 Å². The van der Waals surface area contributed by atoms with Crippen molar-refractivity contribution in [2.24, 2.45) is 0 Å². The van der Waals surface area contributed by atoms with Gasteiger partial charge in [-0.3, -0.25) is 0 Å². The molecule has 0 fully saturated rings. The molecule has 0 aliphatic rings. The Hall–Kier alpha value is -0.840. The zero-order valence-electron chi connectivity index (χ0n) is 8.29. The Bertz CT molecular complexity index is 438. The molecular formula is C10H11ClN2OS. The molecule has 5 heteroatoms. The second-order valence-corrected chi connectivity index (χ2v) is 4.32. The largest absolute Gasteiger partial charge is 0.438 e. The van der Waals surface area contributed by atoms with E-state index in [1.54, 1.807) is 17.5 Å². The third kappa shape index (κ3) is 2.40. The van der Waals surface area contributed by atoms with Gasteiger partial charge < -0.3 is 9.73 Å². The first kappa shape index (κ1) is 10.7. The third-order valence-electron chi connectivity index (χ3n) is 1.92. The van der Waals surface area contributed by atoms with Crippen LogP contribution in [-0.4, -0.2) is 11.5 Å². The number of rotatable bonds is 4. The van der Waals surface area contributed by atoms with Gasteiger partial charge in [0, 0.05) is 0 Å². The molecule has 0 saturated heterocycles. The van der Waals surface area contributed by atoms with Crippen molar-refractivity contribution in [3.05, 3.63) is 28.6 Å². The van der Waals surface area contributed by atoms with Crippen LogP contribution in [0.2, 0.25) is 5.02 Å². The Morgan fingerprint density at radius 2 is 2.47 bits per heavy atom. The maximum Gasteiger partial charge on any atom is 0.208 e. The molecule has 0 saturated carbocycles. The number of hydrogen-bond acceptors (Lipinski definition) is 4. The van der Waals surface area contributed by atoms with E-state index in [-0.39, 0.29) is 0 Å². The van der Waals surface area contributed by atoms with E-state index in [1.807, 2.05) is 18.4 Å². The molecule has 80 valence electrons. The minimum absolute atomic E-state index is 0.652. The van der Waals surface area contributed by atoms with E-state index in [2.05, 4.69) is 10.3 Å². The summed E-state index contributed by atoms with van der Waals surface area (Å²) < 4.78 is 5.56. The molecule has 2 aromatic heterocycles. The van der Waals surface area contributed by atoms with Gasteiger partial charge in [-0.05, 0) is 18.0 Å². The minimum Gasteiger partial charge on any atom is -0.438 e. The van der Waals surface area contributed by atoms with Crippen LogP contribution in [0.1, 0.15) is 12.8 Å². The molecule has 0 bridgehead atoms. The second-order valence-electron chi connectivity index (χ2n) is 3.00. The summed E-state index contributed by atoms with van der Waals surface area (Å²) >= 11 is 7.55. The molecule has 0 amide bonds. The smallest absolute Gasteiger partial charge is 0.208 e. The van der Waals surface area contributed by atoms with Crippen molar-refractivity contribution in [2.75, 3.05) is 6.54 Å². The standard InChI is InChI=1S/C10H11ClN2OS/c1-2-12-6-9-13-5-8(14-9)10-7(11)3-4-15-10/h3-5,12H,2,6H2,1H3. The van der Waals surface area contributed by atoms with Crippen LogP contribution in [0.3, 0.4) is 0 Å². The number of hydrogen-bond donors (Lipinski definition) is 1. The van der Waals surface area contributed by atoms with Crippen molar-refractivity contribution in [2.45, 2.75) is 13.5 Å². The van der Waals surface area contributed by atoms with Gasteiger partial charge in [-0.2, -0.15) is 0 Å². The monoisotopic (exact) mass is 242 g/mol. The molecule has 0 spiro atoms. The molecule has 0 aromatic carbocycles. The first-order valence-electron chi connectivity index (χ1n) is 4.70. The van der Waals surface area contributed by atoms with Crippen LogP contribution < -0.4 is 5.32 Å². The van der Waals surface area contributed by atoms with Crippen LogP contribution in [0, 0.1) is 0 Å². The summed E-state index contributed by atoms with van der Waals surface area (Å²) in [7, 11) is 0. The summed E-state index contributed by atoms with van der Waals surface area (Å²) in [6, 6.07) is 1.86. The van der Waals surface area contributed by atoms with Gasteiger partial charge in [0.1, 0.15) is 0 Å². The van der Waals surface area contributed by atoms with Gasteiger partial charge in [-0.15, -0.1) is 11.3 Å². The summed E-state index contributed by atoms with van der Waals surface area (Å²) in [4.78, 5) is 5.11. The summed E-state index contributed by atoms with van der Waals surface area (Å²) in [6.45, 7) is 3.59. The highest BCUT2D eigenvalue weighted by atomic mass is 35.5. The molecular weight excluding hydrogens is 232 g/mol. The van der Waals surface area contributed by atoms with E-state index in [1.165, 1.54) is 0 Å². The second kappa shape index (κ2) is 4.79. The number of nitrogens with zero attached hydrogens (tertiary/aromatic N) is 1. The normalized spacial score (nSPS) is 10.8. The van der Waals surface area contributed by atoms with Crippen molar-refractivity contribution in [1.29, 1.82) is 0 Å². The van der Waals surface area contributed by atoms with E-state index in [0.717, 1.165) is 17.2 Å². The fraction of sp³-hybridized carbons (Fsp3) is 0.300. The summed E-state index contributed by atoms with van der Waals surface area (Å²) in [5.74, 6) is 1.43. The van der Waals surface area contributed by atoms with Crippen molar-refractivity contribution in [3.8, 4) is 10.6 Å². The molecule has 1 N–H and O–H groups in total. The number of thiophene rings is 1. The lowest BCUT2D eigenvalue weighted by Gasteiger charge is -1.95. The van der Waals surface area contributed by atoms with E-state index >= 15 is 0 Å². The topological polar surface area (TPSA) is 38.1 Å². The maximum atomic E-state index is 5.99. The maximum absolute atomic E-state index is 5.99. The van der Waals surface area contributed by atoms with Crippen molar-refractivity contribution < 1.29 is 4.42 Å². The van der Waals surface area contributed by atoms with Crippen LogP contribution in [0.5, 0.6) is 0 Å². The molecule has 0 radical (unpaired) electrons. The molecule has 0 aliphatic heterocycles. The third-order valence-corrected chi connectivity index (χ3v) is 3.28. The van der Waals surface area contributed by atoms with Crippen LogP contribution >= 0.6 is 22.9 Å². The predicted octanol–water partition coefficient (Wildman–Crippen LogP) is 3.17. The van der Waals surface area contributed by atoms with Gasteiger partial charge in [0.15, 0.2) is 5.76 Å². The van der Waals surface area contributed by atoms with Crippen LogP contribution in [0.15, 0.2) is 22.1 Å². The van der Waals surface area contributed by atoms with E-state index in [0.29, 0.717) is 17.5 Å². The van der Waals surface area contributed by atoms with Crippen molar-refractivity contribution in [3.63, 3.8) is 0 Å². The lowest BCUT2D eigenvalue weighted by atomic mass is 10.4. The van der Waals surface area contributed by atoms with E-state index in [4.69, 9.17) is 16.0 Å². The van der Waals surface area contributed by atoms with Gasteiger partial charge in [0.25, 0.3) is 0 Å². The van der Waals surface area contributed by atoms with Gasteiger partial charge in [-0.25, -0.2) is 4.98 Å². The number of aromatic nitrogens is 1. The van der Waals surface area contributed by atoms with Crippen molar-refractivity contribution in [1.82, 2.24) is 10.3 Å². The lowest BCUT2D eigenvalue weighted by molar-refractivity contribution is 0.483. The first-order chi connectivity index (χ1) is 7.31. The average Bonchev–Trinajstić information content (AvgIpc) is 2.83. The molecule has 0 unspecified atom stereocenters. The lowest BCUT2D eigenvalue weighted by Crippen LogP contribution is -2.11. The molecule has 3 nitrogen and oxygen atoms in total. The highest BCUT2D eigenvalue weighted by molar-refractivity contribution is 7.14.